The van der Waals surface area contributed by atoms with Crippen LogP contribution in [-0.4, -0.2) is 29.9 Å². The van der Waals surface area contributed by atoms with Gasteiger partial charge in [0.1, 0.15) is 0 Å². The molecule has 0 N–H and O–H groups in total. The van der Waals surface area contributed by atoms with E-state index in [1.807, 2.05) is 51.8 Å². The van der Waals surface area contributed by atoms with Gasteiger partial charge in [-0.1, -0.05) is 36.4 Å². The fourth-order valence-electron chi connectivity index (χ4n) is 4.71. The highest BCUT2D eigenvalue weighted by Crippen LogP contribution is 2.35. The van der Waals surface area contributed by atoms with Crippen LogP contribution >= 0.6 is 34.0 Å². The third-order valence-electron chi connectivity index (χ3n) is 6.76. The van der Waals surface area contributed by atoms with Gasteiger partial charge in [0.05, 0.1) is 41.0 Å². The molecule has 6 nitrogen and oxygen atoms in total. The predicted octanol–water partition coefficient (Wildman–Crippen LogP) is 9.17. The molecule has 204 valence electrons. The molecular formula is C33H24N6S3. The van der Waals surface area contributed by atoms with Crippen LogP contribution in [0.3, 0.4) is 0 Å². The van der Waals surface area contributed by atoms with E-state index in [-0.39, 0.29) is 0 Å². The first-order valence-electron chi connectivity index (χ1n) is 13.3. The van der Waals surface area contributed by atoms with E-state index in [9.17, 15) is 0 Å². The number of pyridine rings is 1. The highest BCUT2D eigenvalue weighted by Gasteiger charge is 2.14. The van der Waals surface area contributed by atoms with Gasteiger partial charge in [0.25, 0.3) is 0 Å². The first-order valence-corrected chi connectivity index (χ1v) is 15.8. The van der Waals surface area contributed by atoms with Crippen LogP contribution in [0.25, 0.3) is 65.2 Å². The van der Waals surface area contributed by atoms with E-state index in [0.717, 1.165) is 74.4 Å². The number of thiazole rings is 3. The summed E-state index contributed by atoms with van der Waals surface area (Å²) in [4.78, 5) is 31.4. The summed E-state index contributed by atoms with van der Waals surface area (Å²) in [5.74, 6) is 0.656. The van der Waals surface area contributed by atoms with Gasteiger partial charge in [0.15, 0.2) is 5.82 Å². The molecule has 0 unspecified atom stereocenters. The molecule has 42 heavy (non-hydrogen) atoms. The molecule has 0 aliphatic rings. The minimum Gasteiger partial charge on any atom is -0.263 e. The van der Waals surface area contributed by atoms with Crippen LogP contribution < -0.4 is 0 Å². The Bertz CT molecular complexity index is 1810. The van der Waals surface area contributed by atoms with E-state index in [0.29, 0.717) is 5.82 Å². The number of aromatic nitrogens is 6. The molecule has 0 fully saturated rings. The van der Waals surface area contributed by atoms with Crippen molar-refractivity contribution in [3.8, 4) is 65.2 Å². The Labute approximate surface area is 255 Å². The van der Waals surface area contributed by atoms with Crippen LogP contribution in [0.4, 0.5) is 0 Å². The monoisotopic (exact) mass is 600 g/mol. The van der Waals surface area contributed by atoms with Crippen LogP contribution in [-0.2, 0) is 0 Å². The van der Waals surface area contributed by atoms with Crippen molar-refractivity contribution >= 4 is 34.0 Å². The molecule has 2 aromatic carbocycles. The zero-order chi connectivity index (χ0) is 28.6. The molecule has 9 heteroatoms. The Morgan fingerprint density at radius 1 is 0.452 bits per heavy atom. The smallest absolute Gasteiger partial charge is 0.160 e. The van der Waals surface area contributed by atoms with Crippen LogP contribution in [0, 0.1) is 20.8 Å². The third kappa shape index (κ3) is 5.42. The first kappa shape index (κ1) is 26.5. The van der Waals surface area contributed by atoms with Gasteiger partial charge in [-0.15, -0.1) is 34.0 Å². The summed E-state index contributed by atoms with van der Waals surface area (Å²) in [6.45, 7) is 6.06. The van der Waals surface area contributed by atoms with Gasteiger partial charge in [0.2, 0.25) is 0 Å². The zero-order valence-corrected chi connectivity index (χ0v) is 25.5. The molecule has 0 saturated heterocycles. The Morgan fingerprint density at radius 2 is 0.905 bits per heavy atom. The summed E-state index contributed by atoms with van der Waals surface area (Å²) < 4.78 is 0. The second-order valence-corrected chi connectivity index (χ2v) is 13.5. The number of hydrogen-bond acceptors (Lipinski definition) is 9. The summed E-state index contributed by atoms with van der Waals surface area (Å²) in [7, 11) is 0. The van der Waals surface area contributed by atoms with E-state index in [1.54, 1.807) is 34.0 Å². The Hall–Kier alpha value is -4.44. The molecule has 7 rings (SSSR count). The molecule has 0 spiro atoms. The molecular weight excluding hydrogens is 577 g/mol. The number of aryl methyl sites for hydroxylation is 3. The van der Waals surface area contributed by atoms with Gasteiger partial charge in [0, 0.05) is 53.2 Å². The summed E-state index contributed by atoms with van der Waals surface area (Å²) in [6, 6.07) is 21.0. The van der Waals surface area contributed by atoms with Crippen molar-refractivity contribution in [1.29, 1.82) is 0 Å². The van der Waals surface area contributed by atoms with E-state index in [4.69, 9.17) is 9.97 Å². The molecule has 0 amide bonds. The predicted molar refractivity (Wildman–Crippen MR) is 174 cm³/mol. The van der Waals surface area contributed by atoms with Crippen LogP contribution in [0.5, 0.6) is 0 Å². The fourth-order valence-corrected chi connectivity index (χ4v) is 7.02. The van der Waals surface area contributed by atoms with Gasteiger partial charge in [-0.25, -0.2) is 24.9 Å². The lowest BCUT2D eigenvalue weighted by Gasteiger charge is -2.11. The average molecular weight is 601 g/mol. The third-order valence-corrected chi connectivity index (χ3v) is 9.64. The molecule has 0 saturated carbocycles. The standard InChI is InChI=1S/C33H24N6S3/c1-19-35-16-30(40-19)23-7-4-6-22(10-23)28-13-29(26-12-27(15-34-14-26)32-18-37-21(3)42-32)39-33(38-28)25-9-5-8-24(11-25)31-17-36-20(2)41-31/h4-18H,1-3H3. The molecule has 7 aromatic rings. The zero-order valence-electron chi connectivity index (χ0n) is 23.1. The minimum absolute atomic E-state index is 0.656. The number of rotatable bonds is 6. The highest BCUT2D eigenvalue weighted by molar-refractivity contribution is 7.15. The molecule has 0 atom stereocenters. The Morgan fingerprint density at radius 3 is 1.48 bits per heavy atom. The van der Waals surface area contributed by atoms with Gasteiger partial charge < -0.3 is 0 Å². The first-order chi connectivity index (χ1) is 20.5. The number of benzene rings is 2. The van der Waals surface area contributed by atoms with Gasteiger partial charge in [-0.05, 0) is 56.2 Å². The summed E-state index contributed by atoms with van der Waals surface area (Å²) in [5, 5.41) is 3.10. The van der Waals surface area contributed by atoms with Crippen molar-refractivity contribution in [2.24, 2.45) is 0 Å². The van der Waals surface area contributed by atoms with Crippen molar-refractivity contribution in [2.45, 2.75) is 20.8 Å². The van der Waals surface area contributed by atoms with Gasteiger partial charge >= 0.3 is 0 Å². The van der Waals surface area contributed by atoms with Gasteiger partial charge in [-0.3, -0.25) is 4.98 Å². The number of nitrogens with zero attached hydrogens (tertiary/aromatic N) is 6. The highest BCUT2D eigenvalue weighted by atomic mass is 32.1. The SMILES string of the molecule is Cc1ncc(-c2cccc(-c3cc(-c4cncc(-c5cnc(C)s5)c4)nc(-c4cccc(-c5cnc(C)s5)c4)n3)c2)s1. The maximum absolute atomic E-state index is 5.10. The van der Waals surface area contributed by atoms with E-state index >= 15 is 0 Å². The van der Waals surface area contributed by atoms with E-state index in [1.165, 1.54) is 0 Å². The fraction of sp³-hybridized carbons (Fsp3) is 0.0909. The average Bonchev–Trinajstić information content (AvgIpc) is 3.78. The molecule has 0 aliphatic carbocycles. The van der Waals surface area contributed by atoms with Crippen molar-refractivity contribution in [2.75, 3.05) is 0 Å². The van der Waals surface area contributed by atoms with Crippen molar-refractivity contribution in [3.05, 3.63) is 107 Å². The summed E-state index contributed by atoms with van der Waals surface area (Å²) in [6.07, 6.45) is 9.49. The lowest BCUT2D eigenvalue weighted by molar-refractivity contribution is 1.18. The van der Waals surface area contributed by atoms with E-state index in [2.05, 4.69) is 80.6 Å². The minimum atomic E-state index is 0.656. The maximum atomic E-state index is 5.10. The quantitative estimate of drug-likeness (QED) is 0.189. The second kappa shape index (κ2) is 11.1. The van der Waals surface area contributed by atoms with Crippen LogP contribution in [0.15, 0.2) is 91.6 Å². The topological polar surface area (TPSA) is 77.3 Å². The normalized spacial score (nSPS) is 11.2. The van der Waals surface area contributed by atoms with Crippen LogP contribution in [0.1, 0.15) is 15.0 Å². The lowest BCUT2D eigenvalue weighted by Crippen LogP contribution is -1.97. The van der Waals surface area contributed by atoms with Crippen molar-refractivity contribution in [3.63, 3.8) is 0 Å². The second-order valence-electron chi connectivity index (χ2n) is 9.82. The largest absolute Gasteiger partial charge is 0.263 e. The lowest BCUT2D eigenvalue weighted by atomic mass is 10.0. The summed E-state index contributed by atoms with van der Waals surface area (Å²) >= 11 is 5.02. The van der Waals surface area contributed by atoms with Crippen molar-refractivity contribution in [1.82, 2.24) is 29.9 Å². The maximum Gasteiger partial charge on any atom is 0.160 e. The molecule has 5 heterocycles. The molecule has 0 aliphatic heterocycles. The molecule has 5 aromatic heterocycles. The Balaban J connectivity index is 1.38. The van der Waals surface area contributed by atoms with Gasteiger partial charge in [-0.2, -0.15) is 0 Å². The summed E-state index contributed by atoms with van der Waals surface area (Å²) in [5.41, 5.74) is 7.77. The number of hydrogen-bond donors (Lipinski definition) is 0. The van der Waals surface area contributed by atoms with Crippen molar-refractivity contribution < 1.29 is 0 Å². The van der Waals surface area contributed by atoms with Crippen LogP contribution in [0.2, 0.25) is 0 Å². The Kier molecular flexibility index (Phi) is 6.99. The molecule has 0 radical (unpaired) electrons. The molecule has 0 bridgehead atoms. The van der Waals surface area contributed by atoms with E-state index < -0.39 is 0 Å².